The Labute approximate surface area is 98.4 Å². The summed E-state index contributed by atoms with van der Waals surface area (Å²) in [4.78, 5) is 2.54. The van der Waals surface area contributed by atoms with Gasteiger partial charge >= 0.3 is 0 Å². The van der Waals surface area contributed by atoms with Crippen LogP contribution < -0.4 is 5.73 Å². The molecule has 16 heavy (non-hydrogen) atoms. The molecule has 88 valence electrons. The van der Waals surface area contributed by atoms with E-state index in [1.165, 1.54) is 29.7 Å². The van der Waals surface area contributed by atoms with Crippen LogP contribution >= 0.6 is 0 Å². The van der Waals surface area contributed by atoms with Crippen LogP contribution in [-0.2, 0) is 19.4 Å². The highest BCUT2D eigenvalue weighted by molar-refractivity contribution is 5.37. The van der Waals surface area contributed by atoms with Crippen LogP contribution in [0.5, 0.6) is 0 Å². The van der Waals surface area contributed by atoms with E-state index in [1.54, 1.807) is 0 Å². The first-order valence-corrected chi connectivity index (χ1v) is 6.26. The molecule has 1 aliphatic rings. The molecule has 0 atom stereocenters. The number of hydrogen-bond acceptors (Lipinski definition) is 2. The van der Waals surface area contributed by atoms with E-state index in [9.17, 15) is 0 Å². The van der Waals surface area contributed by atoms with Crippen molar-refractivity contribution in [1.82, 2.24) is 4.90 Å². The Morgan fingerprint density at radius 1 is 1.38 bits per heavy atom. The molecule has 2 nitrogen and oxygen atoms in total. The average molecular weight is 218 g/mol. The highest BCUT2D eigenvalue weighted by atomic mass is 15.1. The second-order valence-electron chi connectivity index (χ2n) is 4.91. The summed E-state index contributed by atoms with van der Waals surface area (Å²) in [5.41, 5.74) is 10.2. The van der Waals surface area contributed by atoms with Crippen LogP contribution in [-0.4, -0.2) is 24.0 Å². The lowest BCUT2D eigenvalue weighted by Crippen LogP contribution is -2.36. The van der Waals surface area contributed by atoms with Crippen molar-refractivity contribution >= 4 is 0 Å². The van der Waals surface area contributed by atoms with Crippen molar-refractivity contribution < 1.29 is 0 Å². The molecule has 1 aromatic rings. The molecule has 0 bridgehead atoms. The van der Waals surface area contributed by atoms with Crippen LogP contribution in [0, 0.1) is 0 Å². The van der Waals surface area contributed by atoms with Gasteiger partial charge in [-0.05, 0) is 49.9 Å². The lowest BCUT2D eigenvalue weighted by Gasteiger charge is -2.33. The first kappa shape index (κ1) is 11.6. The van der Waals surface area contributed by atoms with Crippen molar-refractivity contribution in [2.45, 2.75) is 39.3 Å². The predicted molar refractivity (Wildman–Crippen MR) is 68.5 cm³/mol. The Morgan fingerprint density at radius 3 is 2.88 bits per heavy atom. The van der Waals surface area contributed by atoms with Gasteiger partial charge in [0.05, 0.1) is 0 Å². The second kappa shape index (κ2) is 4.98. The van der Waals surface area contributed by atoms with Crippen molar-refractivity contribution in [3.05, 3.63) is 34.9 Å². The quantitative estimate of drug-likeness (QED) is 0.840. The fourth-order valence-corrected chi connectivity index (χ4v) is 2.50. The number of fused-ring (bicyclic) bond motifs is 1. The van der Waals surface area contributed by atoms with Gasteiger partial charge in [-0.15, -0.1) is 0 Å². The van der Waals surface area contributed by atoms with Crippen LogP contribution in [0.15, 0.2) is 18.2 Å². The van der Waals surface area contributed by atoms with E-state index in [-0.39, 0.29) is 0 Å². The highest BCUT2D eigenvalue weighted by Gasteiger charge is 2.19. The highest BCUT2D eigenvalue weighted by Crippen LogP contribution is 2.24. The molecule has 0 aromatic heterocycles. The van der Waals surface area contributed by atoms with Crippen molar-refractivity contribution in [2.75, 3.05) is 13.1 Å². The monoisotopic (exact) mass is 218 g/mol. The standard InChI is InChI=1S/C14H22N2/c1-11(2)16-9-7-13-5-3-4-12(6-8-15)14(13)10-16/h3-5,11H,6-10,15H2,1-2H3. The predicted octanol–water partition coefficient (Wildman–Crippen LogP) is 1.95. The van der Waals surface area contributed by atoms with Gasteiger partial charge in [0.2, 0.25) is 0 Å². The van der Waals surface area contributed by atoms with Crippen molar-refractivity contribution in [3.63, 3.8) is 0 Å². The topological polar surface area (TPSA) is 29.3 Å². The maximum absolute atomic E-state index is 5.67. The van der Waals surface area contributed by atoms with Crippen molar-refractivity contribution in [1.29, 1.82) is 0 Å². The lowest BCUT2D eigenvalue weighted by atomic mass is 9.93. The minimum Gasteiger partial charge on any atom is -0.330 e. The molecule has 0 saturated carbocycles. The SMILES string of the molecule is CC(C)N1CCc2cccc(CCN)c2C1. The minimum absolute atomic E-state index is 0.638. The summed E-state index contributed by atoms with van der Waals surface area (Å²) in [6, 6.07) is 7.32. The van der Waals surface area contributed by atoms with E-state index >= 15 is 0 Å². The third kappa shape index (κ3) is 2.28. The number of nitrogens with two attached hydrogens (primary N) is 1. The molecule has 0 amide bonds. The van der Waals surface area contributed by atoms with Crippen LogP contribution in [0.3, 0.4) is 0 Å². The fourth-order valence-electron chi connectivity index (χ4n) is 2.50. The van der Waals surface area contributed by atoms with E-state index in [0.717, 1.165) is 19.5 Å². The molecule has 0 aliphatic carbocycles. The molecule has 2 N–H and O–H groups in total. The molecular weight excluding hydrogens is 196 g/mol. The summed E-state index contributed by atoms with van der Waals surface area (Å²) >= 11 is 0. The van der Waals surface area contributed by atoms with Gasteiger partial charge in [-0.3, -0.25) is 4.90 Å². The van der Waals surface area contributed by atoms with E-state index in [1.807, 2.05) is 0 Å². The number of benzene rings is 1. The first-order chi connectivity index (χ1) is 7.72. The van der Waals surface area contributed by atoms with Gasteiger partial charge in [-0.2, -0.15) is 0 Å². The van der Waals surface area contributed by atoms with E-state index in [4.69, 9.17) is 5.73 Å². The van der Waals surface area contributed by atoms with Crippen molar-refractivity contribution in [2.24, 2.45) is 5.73 Å². The zero-order valence-corrected chi connectivity index (χ0v) is 10.4. The maximum atomic E-state index is 5.67. The minimum atomic E-state index is 0.638. The van der Waals surface area contributed by atoms with Crippen LogP contribution in [0.2, 0.25) is 0 Å². The molecule has 0 unspecified atom stereocenters. The number of hydrogen-bond donors (Lipinski definition) is 1. The number of rotatable bonds is 3. The van der Waals surface area contributed by atoms with Gasteiger partial charge in [0.25, 0.3) is 0 Å². The molecule has 0 spiro atoms. The molecule has 1 aliphatic heterocycles. The van der Waals surface area contributed by atoms with Gasteiger partial charge in [0.1, 0.15) is 0 Å². The largest absolute Gasteiger partial charge is 0.330 e. The molecule has 1 aromatic carbocycles. The Balaban J connectivity index is 2.26. The van der Waals surface area contributed by atoms with Gasteiger partial charge < -0.3 is 5.73 Å². The third-order valence-corrected chi connectivity index (χ3v) is 3.54. The van der Waals surface area contributed by atoms with Gasteiger partial charge in [-0.1, -0.05) is 18.2 Å². The molecule has 2 heteroatoms. The summed E-state index contributed by atoms with van der Waals surface area (Å²) in [5, 5.41) is 0. The lowest BCUT2D eigenvalue weighted by molar-refractivity contribution is 0.202. The summed E-state index contributed by atoms with van der Waals surface area (Å²) in [5.74, 6) is 0. The normalized spacial score (nSPS) is 16.5. The first-order valence-electron chi connectivity index (χ1n) is 6.26. The Morgan fingerprint density at radius 2 is 2.19 bits per heavy atom. The van der Waals surface area contributed by atoms with Crippen LogP contribution in [0.25, 0.3) is 0 Å². The second-order valence-corrected chi connectivity index (χ2v) is 4.91. The Kier molecular flexibility index (Phi) is 3.62. The van der Waals surface area contributed by atoms with Gasteiger partial charge in [-0.25, -0.2) is 0 Å². The molecule has 0 fully saturated rings. The third-order valence-electron chi connectivity index (χ3n) is 3.54. The fraction of sp³-hybridized carbons (Fsp3) is 0.571. The molecule has 2 rings (SSSR count). The smallest absolute Gasteiger partial charge is 0.0242 e. The van der Waals surface area contributed by atoms with Gasteiger partial charge in [0.15, 0.2) is 0 Å². The molecule has 0 saturated heterocycles. The summed E-state index contributed by atoms with van der Waals surface area (Å²) in [6.07, 6.45) is 2.20. The van der Waals surface area contributed by atoms with Crippen LogP contribution in [0.1, 0.15) is 30.5 Å². The van der Waals surface area contributed by atoms with Gasteiger partial charge in [0, 0.05) is 19.1 Å². The summed E-state index contributed by atoms with van der Waals surface area (Å²) in [6.45, 7) is 7.59. The van der Waals surface area contributed by atoms with E-state index < -0.39 is 0 Å². The maximum Gasteiger partial charge on any atom is 0.0242 e. The molecular formula is C14H22N2. The summed E-state index contributed by atoms with van der Waals surface area (Å²) in [7, 11) is 0. The average Bonchev–Trinajstić information content (AvgIpc) is 2.29. The zero-order valence-electron chi connectivity index (χ0n) is 10.4. The number of nitrogens with zero attached hydrogens (tertiary/aromatic N) is 1. The Bertz CT molecular complexity index is 358. The Hall–Kier alpha value is -0.860. The zero-order chi connectivity index (χ0) is 11.5. The van der Waals surface area contributed by atoms with E-state index in [0.29, 0.717) is 6.04 Å². The molecule has 1 heterocycles. The van der Waals surface area contributed by atoms with Crippen LogP contribution in [0.4, 0.5) is 0 Å². The summed E-state index contributed by atoms with van der Waals surface area (Å²) < 4.78 is 0. The van der Waals surface area contributed by atoms with E-state index in [2.05, 4.69) is 36.9 Å². The molecule has 0 radical (unpaired) electrons. The van der Waals surface area contributed by atoms with Crippen molar-refractivity contribution in [3.8, 4) is 0 Å².